The predicted molar refractivity (Wildman–Crippen MR) is 101 cm³/mol. The van der Waals surface area contributed by atoms with Gasteiger partial charge in [-0.2, -0.15) is 8.42 Å². The van der Waals surface area contributed by atoms with Crippen molar-refractivity contribution in [2.45, 2.75) is 25.2 Å². The molecule has 2 atom stereocenters. The lowest BCUT2D eigenvalue weighted by molar-refractivity contribution is -0.0149. The van der Waals surface area contributed by atoms with Gasteiger partial charge in [0.25, 0.3) is 0 Å². The minimum Gasteiger partial charge on any atom is -0.352 e. The maximum absolute atomic E-state index is 10.9. The third-order valence-corrected chi connectivity index (χ3v) is 5.46. The second-order valence-corrected chi connectivity index (χ2v) is 8.17. The Morgan fingerprint density at radius 3 is 2.85 bits per heavy atom. The Kier molecular flexibility index (Phi) is 4.95. The van der Waals surface area contributed by atoms with Crippen molar-refractivity contribution in [3.05, 3.63) is 41.4 Å². The average Bonchev–Trinajstić information content (AvgIpc) is 3.26. The minimum absolute atomic E-state index is 0.112. The van der Waals surface area contributed by atoms with Gasteiger partial charge in [0.2, 0.25) is 0 Å². The first-order valence-electron chi connectivity index (χ1n) is 8.17. The highest BCUT2D eigenvalue weighted by atomic mass is 79.9. The van der Waals surface area contributed by atoms with Gasteiger partial charge < -0.3 is 4.74 Å². The summed E-state index contributed by atoms with van der Waals surface area (Å²) >= 11 is 3.54. The van der Waals surface area contributed by atoms with Crippen molar-refractivity contribution in [2.75, 3.05) is 6.61 Å². The van der Waals surface area contributed by atoms with E-state index >= 15 is 0 Å². The van der Waals surface area contributed by atoms with E-state index in [1.807, 2.05) is 28.8 Å². The van der Waals surface area contributed by atoms with Crippen LogP contribution in [0.15, 0.2) is 41.4 Å². The molecule has 1 saturated heterocycles. The van der Waals surface area contributed by atoms with Gasteiger partial charge in [0.15, 0.2) is 5.65 Å². The standard InChI is InChI=1S/C16H16BrN5O4S/c17-12-4-2-1-3-11(12)14-15-16(20-8-19-14)22(9-21-15)13-6-5-10(26-13)7-25-27(18,23)24/h1-4,8-10,13H,5-7H2,(H2,18,23,24)/t10-,13+/m0/s1. The summed E-state index contributed by atoms with van der Waals surface area (Å²) in [6.45, 7) is -0.112. The Labute approximate surface area is 163 Å². The van der Waals surface area contributed by atoms with E-state index in [0.717, 1.165) is 15.7 Å². The number of imidazole rings is 1. The van der Waals surface area contributed by atoms with Crippen LogP contribution in [0.2, 0.25) is 0 Å². The summed E-state index contributed by atoms with van der Waals surface area (Å²) < 4.78 is 35.1. The fourth-order valence-electron chi connectivity index (χ4n) is 3.10. The van der Waals surface area contributed by atoms with Crippen molar-refractivity contribution in [2.24, 2.45) is 5.14 Å². The molecule has 0 saturated carbocycles. The highest BCUT2D eigenvalue weighted by Gasteiger charge is 2.29. The Bertz CT molecular complexity index is 1090. The fraction of sp³-hybridized carbons (Fsp3) is 0.312. The number of aromatic nitrogens is 4. The van der Waals surface area contributed by atoms with E-state index < -0.39 is 10.3 Å². The Morgan fingerprint density at radius 2 is 2.07 bits per heavy atom. The first kappa shape index (κ1) is 18.4. The molecule has 3 heterocycles. The molecule has 0 amide bonds. The van der Waals surface area contributed by atoms with Gasteiger partial charge in [-0.05, 0) is 18.9 Å². The average molecular weight is 454 g/mol. The van der Waals surface area contributed by atoms with Gasteiger partial charge in [-0.15, -0.1) is 0 Å². The first-order chi connectivity index (χ1) is 12.9. The van der Waals surface area contributed by atoms with E-state index in [1.165, 1.54) is 6.33 Å². The van der Waals surface area contributed by atoms with Crippen molar-refractivity contribution < 1.29 is 17.3 Å². The molecule has 0 aliphatic carbocycles. The van der Waals surface area contributed by atoms with Crippen molar-refractivity contribution in [3.8, 4) is 11.3 Å². The van der Waals surface area contributed by atoms with Crippen molar-refractivity contribution in [1.82, 2.24) is 19.5 Å². The topological polar surface area (TPSA) is 122 Å². The molecule has 3 aromatic rings. The molecule has 1 aliphatic heterocycles. The van der Waals surface area contributed by atoms with Gasteiger partial charge in [0, 0.05) is 10.0 Å². The molecular formula is C16H16BrN5O4S. The summed E-state index contributed by atoms with van der Waals surface area (Å²) in [7, 11) is -3.98. The maximum atomic E-state index is 10.9. The van der Waals surface area contributed by atoms with Crippen molar-refractivity contribution in [1.29, 1.82) is 0 Å². The van der Waals surface area contributed by atoms with Gasteiger partial charge in [0.1, 0.15) is 23.8 Å². The lowest BCUT2D eigenvalue weighted by atomic mass is 10.1. The molecule has 0 spiro atoms. The van der Waals surface area contributed by atoms with Crippen LogP contribution < -0.4 is 5.14 Å². The summed E-state index contributed by atoms with van der Waals surface area (Å²) in [5.41, 5.74) is 2.95. The summed E-state index contributed by atoms with van der Waals surface area (Å²) in [5, 5.41) is 4.86. The van der Waals surface area contributed by atoms with Crippen LogP contribution in [0.5, 0.6) is 0 Å². The molecule has 1 fully saturated rings. The second kappa shape index (κ2) is 7.24. The largest absolute Gasteiger partial charge is 0.352 e. The number of hydrogen-bond donors (Lipinski definition) is 1. The Morgan fingerprint density at radius 1 is 1.26 bits per heavy atom. The highest BCUT2D eigenvalue weighted by molar-refractivity contribution is 9.10. The second-order valence-electron chi connectivity index (χ2n) is 6.09. The molecule has 0 unspecified atom stereocenters. The van der Waals surface area contributed by atoms with Gasteiger partial charge in [0.05, 0.1) is 19.0 Å². The molecule has 2 N–H and O–H groups in total. The zero-order chi connectivity index (χ0) is 19.0. The van der Waals surface area contributed by atoms with Crippen molar-refractivity contribution >= 4 is 37.4 Å². The zero-order valence-corrected chi connectivity index (χ0v) is 16.4. The number of nitrogens with zero attached hydrogens (tertiary/aromatic N) is 4. The molecule has 4 rings (SSSR count). The smallest absolute Gasteiger partial charge is 0.333 e. The van der Waals surface area contributed by atoms with Crippen LogP contribution in [0.4, 0.5) is 0 Å². The monoisotopic (exact) mass is 453 g/mol. The van der Waals surface area contributed by atoms with E-state index in [1.54, 1.807) is 6.33 Å². The number of rotatable bonds is 5. The Balaban J connectivity index is 1.62. The third-order valence-electron chi connectivity index (χ3n) is 4.30. The molecule has 1 aliphatic rings. The summed E-state index contributed by atoms with van der Waals surface area (Å²) in [6, 6.07) is 7.76. The van der Waals surface area contributed by atoms with Crippen molar-refractivity contribution in [3.63, 3.8) is 0 Å². The van der Waals surface area contributed by atoms with Gasteiger partial charge in [-0.25, -0.2) is 20.1 Å². The maximum Gasteiger partial charge on any atom is 0.333 e. The lowest BCUT2D eigenvalue weighted by Crippen LogP contribution is -2.23. The summed E-state index contributed by atoms with van der Waals surface area (Å²) in [5.74, 6) is 0. The van der Waals surface area contributed by atoms with Crippen LogP contribution in [0.1, 0.15) is 19.1 Å². The minimum atomic E-state index is -3.98. The number of fused-ring (bicyclic) bond motifs is 1. The molecule has 2 aromatic heterocycles. The van der Waals surface area contributed by atoms with Crippen LogP contribution in [0, 0.1) is 0 Å². The van der Waals surface area contributed by atoms with E-state index in [2.05, 4.69) is 35.1 Å². The summed E-state index contributed by atoms with van der Waals surface area (Å²) in [4.78, 5) is 13.2. The SMILES string of the molecule is NS(=O)(=O)OC[C@@H]1CC[C@H](n2cnc3c(-c4ccccc4Br)ncnc32)O1. The van der Waals surface area contributed by atoms with Gasteiger partial charge in [-0.1, -0.05) is 34.1 Å². The predicted octanol–water partition coefficient (Wildman–Crippen LogP) is 2.15. The van der Waals surface area contributed by atoms with Crippen LogP contribution in [-0.2, 0) is 19.2 Å². The summed E-state index contributed by atoms with van der Waals surface area (Å²) in [6.07, 6.45) is 3.79. The normalized spacial score (nSPS) is 20.4. The van der Waals surface area contributed by atoms with Crippen LogP contribution >= 0.6 is 15.9 Å². The van der Waals surface area contributed by atoms with E-state index in [-0.39, 0.29) is 18.9 Å². The first-order valence-corrected chi connectivity index (χ1v) is 10.4. The molecule has 0 radical (unpaired) electrons. The molecule has 142 valence electrons. The zero-order valence-electron chi connectivity index (χ0n) is 14.0. The fourth-order valence-corrected chi connectivity index (χ4v) is 3.91. The molecule has 1 aromatic carbocycles. The third kappa shape index (κ3) is 3.87. The molecule has 11 heteroatoms. The van der Waals surface area contributed by atoms with E-state index in [9.17, 15) is 8.42 Å². The van der Waals surface area contributed by atoms with Crippen LogP contribution in [0.25, 0.3) is 22.4 Å². The number of benzene rings is 1. The van der Waals surface area contributed by atoms with E-state index in [4.69, 9.17) is 9.88 Å². The van der Waals surface area contributed by atoms with Gasteiger partial charge >= 0.3 is 10.3 Å². The number of hydrogen-bond acceptors (Lipinski definition) is 7. The Hall–Kier alpha value is -1.92. The number of ether oxygens (including phenoxy) is 1. The number of halogens is 1. The number of nitrogens with two attached hydrogens (primary N) is 1. The van der Waals surface area contributed by atoms with E-state index in [0.29, 0.717) is 24.0 Å². The lowest BCUT2D eigenvalue weighted by Gasteiger charge is -2.15. The molecule has 9 nitrogen and oxygen atoms in total. The molecular weight excluding hydrogens is 438 g/mol. The van der Waals surface area contributed by atoms with Gasteiger partial charge in [-0.3, -0.25) is 8.75 Å². The molecule has 27 heavy (non-hydrogen) atoms. The molecule has 0 bridgehead atoms. The van der Waals surface area contributed by atoms with Crippen LogP contribution in [-0.4, -0.2) is 40.6 Å². The highest BCUT2D eigenvalue weighted by Crippen LogP contribution is 2.34. The van der Waals surface area contributed by atoms with Crippen LogP contribution in [0.3, 0.4) is 0 Å². The quantitative estimate of drug-likeness (QED) is 0.627.